The van der Waals surface area contributed by atoms with Crippen molar-refractivity contribution in [2.45, 2.75) is 0 Å². The van der Waals surface area contributed by atoms with Gasteiger partial charge in [0.15, 0.2) is 0 Å². The molecule has 0 aliphatic heterocycles. The van der Waals surface area contributed by atoms with Crippen LogP contribution < -0.4 is 11.1 Å². The molecular weight excluding hydrogens is 199 g/mol. The summed E-state index contributed by atoms with van der Waals surface area (Å²) in [5, 5.41) is 3.05. The van der Waals surface area contributed by atoms with Gasteiger partial charge in [0, 0.05) is 5.02 Å². The molecule has 5 heteroatoms. The molecule has 0 bridgehead atoms. The summed E-state index contributed by atoms with van der Waals surface area (Å²) in [6.45, 7) is 0. The van der Waals surface area contributed by atoms with E-state index in [0.717, 1.165) is 0 Å². The number of carbonyl (C=O) groups is 1. The Kier molecular flexibility index (Phi) is 2.78. The van der Waals surface area contributed by atoms with Crippen molar-refractivity contribution in [1.82, 2.24) is 5.73 Å². The number of anilines is 1. The third-order valence-electron chi connectivity index (χ3n) is 1.18. The molecule has 0 spiro atoms. The Morgan fingerprint density at radius 3 is 2.58 bits per heavy atom. The van der Waals surface area contributed by atoms with Crippen molar-refractivity contribution >= 4 is 34.9 Å². The molecule has 0 saturated carbocycles. The highest BCUT2D eigenvalue weighted by molar-refractivity contribution is 6.36. The summed E-state index contributed by atoms with van der Waals surface area (Å²) >= 11 is 11.3. The topological polar surface area (TPSA) is 52.9 Å². The van der Waals surface area contributed by atoms with Gasteiger partial charge >= 0.3 is 6.03 Å². The van der Waals surface area contributed by atoms with Gasteiger partial charge in [0.2, 0.25) is 0 Å². The quantitative estimate of drug-likeness (QED) is 0.751. The van der Waals surface area contributed by atoms with Crippen LogP contribution in [0.15, 0.2) is 18.2 Å². The second-order valence-electron chi connectivity index (χ2n) is 2.08. The van der Waals surface area contributed by atoms with E-state index in [0.29, 0.717) is 15.7 Å². The Labute approximate surface area is 79.5 Å². The van der Waals surface area contributed by atoms with E-state index in [-0.39, 0.29) is 0 Å². The zero-order valence-corrected chi connectivity index (χ0v) is 7.41. The maximum absolute atomic E-state index is 10.3. The van der Waals surface area contributed by atoms with Gasteiger partial charge in [0.25, 0.3) is 0 Å². The average Bonchev–Trinajstić information content (AvgIpc) is 1.94. The van der Waals surface area contributed by atoms with Crippen molar-refractivity contribution in [3.63, 3.8) is 0 Å². The number of benzene rings is 1. The summed E-state index contributed by atoms with van der Waals surface area (Å²) in [7, 11) is 0. The van der Waals surface area contributed by atoms with Crippen LogP contribution in [0.3, 0.4) is 0 Å². The van der Waals surface area contributed by atoms with E-state index < -0.39 is 6.03 Å². The summed E-state index contributed by atoms with van der Waals surface area (Å²) in [6, 6.07) is 3.71. The zero-order valence-electron chi connectivity index (χ0n) is 5.90. The molecule has 2 N–H and O–H groups in total. The fraction of sp³-hybridized carbons (Fsp3) is 0. The molecule has 12 heavy (non-hydrogen) atoms. The molecule has 0 aliphatic carbocycles. The number of nitrogens with one attached hydrogen (secondary N) is 2. The van der Waals surface area contributed by atoms with E-state index in [9.17, 15) is 4.79 Å². The van der Waals surface area contributed by atoms with E-state index in [1.54, 1.807) is 6.07 Å². The lowest BCUT2D eigenvalue weighted by molar-refractivity contribution is 0.258. The van der Waals surface area contributed by atoms with Gasteiger partial charge in [-0.05, 0) is 18.2 Å². The monoisotopic (exact) mass is 203 g/mol. The molecule has 1 rings (SSSR count). The van der Waals surface area contributed by atoms with Crippen LogP contribution in [0.4, 0.5) is 10.5 Å². The SMILES string of the molecule is [NH]C(=O)Nc1ccc(Cl)cc1Cl. The Bertz CT molecular complexity index is 314. The van der Waals surface area contributed by atoms with Crippen molar-refractivity contribution in [1.29, 1.82) is 0 Å². The molecule has 63 valence electrons. The van der Waals surface area contributed by atoms with Crippen LogP contribution in [0.25, 0.3) is 0 Å². The van der Waals surface area contributed by atoms with Crippen LogP contribution in [-0.4, -0.2) is 6.03 Å². The fourth-order valence-corrected chi connectivity index (χ4v) is 1.17. The molecule has 0 heterocycles. The minimum Gasteiger partial charge on any atom is -0.305 e. The number of urea groups is 1. The Morgan fingerprint density at radius 2 is 2.08 bits per heavy atom. The summed E-state index contributed by atoms with van der Waals surface area (Å²) in [6.07, 6.45) is 0. The minimum absolute atomic E-state index is 0.322. The lowest BCUT2D eigenvalue weighted by atomic mass is 10.3. The molecule has 0 saturated heterocycles. The van der Waals surface area contributed by atoms with E-state index in [1.807, 2.05) is 0 Å². The predicted molar refractivity (Wildman–Crippen MR) is 48.6 cm³/mol. The first-order chi connectivity index (χ1) is 5.59. The first-order valence-corrected chi connectivity index (χ1v) is 3.83. The molecule has 0 aromatic heterocycles. The lowest BCUT2D eigenvalue weighted by Crippen LogP contribution is -2.09. The van der Waals surface area contributed by atoms with Crippen molar-refractivity contribution in [3.8, 4) is 0 Å². The van der Waals surface area contributed by atoms with Crippen molar-refractivity contribution in [2.75, 3.05) is 5.32 Å². The molecule has 0 atom stereocenters. The van der Waals surface area contributed by atoms with Gasteiger partial charge in [-0.3, -0.25) is 0 Å². The van der Waals surface area contributed by atoms with Gasteiger partial charge in [0.1, 0.15) is 0 Å². The fourth-order valence-electron chi connectivity index (χ4n) is 0.713. The van der Waals surface area contributed by atoms with Gasteiger partial charge in [-0.15, -0.1) is 0 Å². The molecular formula is C7H5Cl2N2O. The predicted octanol–water partition coefficient (Wildman–Crippen LogP) is 2.81. The standard InChI is InChI=1S/C7H5Cl2N2O/c8-4-1-2-6(5(9)3-4)11-7(10)12/h1-3,10H,(H,11,12). The van der Waals surface area contributed by atoms with Gasteiger partial charge in [-0.25, -0.2) is 10.5 Å². The van der Waals surface area contributed by atoms with Crippen molar-refractivity contribution < 1.29 is 4.79 Å². The third-order valence-corrected chi connectivity index (χ3v) is 1.73. The number of hydrogen-bond acceptors (Lipinski definition) is 1. The van der Waals surface area contributed by atoms with Gasteiger partial charge in [-0.2, -0.15) is 0 Å². The first kappa shape index (κ1) is 9.16. The summed E-state index contributed by atoms with van der Waals surface area (Å²) in [4.78, 5) is 10.3. The summed E-state index contributed by atoms with van der Waals surface area (Å²) < 4.78 is 0. The molecule has 1 aromatic carbocycles. The second-order valence-corrected chi connectivity index (χ2v) is 2.92. The average molecular weight is 204 g/mol. The molecule has 0 aliphatic rings. The van der Waals surface area contributed by atoms with E-state index in [2.05, 4.69) is 5.32 Å². The Morgan fingerprint density at radius 1 is 1.42 bits per heavy atom. The van der Waals surface area contributed by atoms with E-state index in [1.165, 1.54) is 12.1 Å². The van der Waals surface area contributed by atoms with Crippen molar-refractivity contribution in [3.05, 3.63) is 28.2 Å². The molecule has 2 amide bonds. The maximum Gasteiger partial charge on any atom is 0.338 e. The first-order valence-electron chi connectivity index (χ1n) is 3.07. The summed E-state index contributed by atoms with van der Waals surface area (Å²) in [5.41, 5.74) is 7.01. The van der Waals surface area contributed by atoms with Gasteiger partial charge in [-0.1, -0.05) is 23.2 Å². The van der Waals surface area contributed by atoms with Crippen molar-refractivity contribution in [2.24, 2.45) is 0 Å². The summed E-state index contributed by atoms with van der Waals surface area (Å²) in [5.74, 6) is 0. The highest BCUT2D eigenvalue weighted by atomic mass is 35.5. The third kappa shape index (κ3) is 2.29. The minimum atomic E-state index is -0.903. The van der Waals surface area contributed by atoms with E-state index >= 15 is 0 Å². The number of hydrogen-bond donors (Lipinski definition) is 1. The van der Waals surface area contributed by atoms with E-state index in [4.69, 9.17) is 28.9 Å². The van der Waals surface area contributed by atoms with Crippen LogP contribution in [0.1, 0.15) is 0 Å². The number of halogens is 2. The molecule has 0 fully saturated rings. The van der Waals surface area contributed by atoms with Crippen LogP contribution >= 0.6 is 23.2 Å². The second kappa shape index (κ2) is 3.65. The van der Waals surface area contributed by atoms with Crippen LogP contribution in [0.2, 0.25) is 10.0 Å². The highest BCUT2D eigenvalue weighted by Gasteiger charge is 2.02. The zero-order chi connectivity index (χ0) is 9.14. The number of amides is 2. The Hall–Kier alpha value is -0.930. The largest absolute Gasteiger partial charge is 0.338 e. The molecule has 3 nitrogen and oxygen atoms in total. The molecule has 1 radical (unpaired) electrons. The van der Waals surface area contributed by atoms with Gasteiger partial charge in [0.05, 0.1) is 10.7 Å². The number of rotatable bonds is 1. The smallest absolute Gasteiger partial charge is 0.305 e. The lowest BCUT2D eigenvalue weighted by Gasteiger charge is -2.02. The number of carbonyl (C=O) groups excluding carboxylic acids is 1. The Balaban J connectivity index is 2.93. The van der Waals surface area contributed by atoms with Crippen LogP contribution in [0.5, 0.6) is 0 Å². The van der Waals surface area contributed by atoms with Gasteiger partial charge < -0.3 is 5.32 Å². The van der Waals surface area contributed by atoms with Crippen LogP contribution in [-0.2, 0) is 0 Å². The highest BCUT2D eigenvalue weighted by Crippen LogP contribution is 2.24. The normalized spacial score (nSPS) is 9.50. The maximum atomic E-state index is 10.3. The molecule has 1 aromatic rings. The van der Waals surface area contributed by atoms with Crippen LogP contribution in [0, 0.1) is 0 Å². The molecule has 0 unspecified atom stereocenters.